The average Bonchev–Trinajstić information content (AvgIpc) is 2.76. The molecule has 0 bridgehead atoms. The third-order valence-corrected chi connectivity index (χ3v) is 5.02. The van der Waals surface area contributed by atoms with E-state index in [9.17, 15) is 19.8 Å². The summed E-state index contributed by atoms with van der Waals surface area (Å²) in [5.74, 6) is -1.09. The van der Waals surface area contributed by atoms with E-state index in [2.05, 4.69) is 5.32 Å². The van der Waals surface area contributed by atoms with Gasteiger partial charge in [0.05, 0.1) is 6.61 Å². The van der Waals surface area contributed by atoms with Gasteiger partial charge in [-0.25, -0.2) is 9.59 Å². The summed E-state index contributed by atoms with van der Waals surface area (Å²) in [6, 6.07) is 21.8. The van der Waals surface area contributed by atoms with E-state index in [1.165, 1.54) is 4.90 Å². The van der Waals surface area contributed by atoms with Gasteiger partial charge in [0.25, 0.3) is 0 Å². The van der Waals surface area contributed by atoms with Gasteiger partial charge in [-0.05, 0) is 28.3 Å². The molecule has 0 saturated heterocycles. The average molecular weight is 406 g/mol. The molecule has 2 amide bonds. The second-order valence-electron chi connectivity index (χ2n) is 7.17. The van der Waals surface area contributed by atoms with Gasteiger partial charge < -0.3 is 20.4 Å². The fraction of sp³-hybridized carbons (Fsp3) is 0.250. The van der Waals surface area contributed by atoms with Crippen LogP contribution in [0.5, 0.6) is 0 Å². The summed E-state index contributed by atoms with van der Waals surface area (Å²) < 4.78 is 0. The second-order valence-corrected chi connectivity index (χ2v) is 7.17. The maximum Gasteiger partial charge on any atom is 0.326 e. The van der Waals surface area contributed by atoms with Crippen LogP contribution in [0.2, 0.25) is 0 Å². The van der Waals surface area contributed by atoms with Gasteiger partial charge in [0.15, 0.2) is 0 Å². The number of benzene rings is 3. The Morgan fingerprint density at radius 3 is 2.27 bits per heavy atom. The zero-order valence-electron chi connectivity index (χ0n) is 16.7. The summed E-state index contributed by atoms with van der Waals surface area (Å²) in [6.45, 7) is 0.338. The molecule has 0 fully saturated rings. The van der Waals surface area contributed by atoms with Gasteiger partial charge in [-0.15, -0.1) is 0 Å². The SMILES string of the molecule is O=C(O)[C@H](Cc1ccc2ccccc2c1)NC(=O)N(CCO)CCc1ccccc1. The first-order chi connectivity index (χ1) is 14.6. The van der Waals surface area contributed by atoms with Crippen LogP contribution >= 0.6 is 0 Å². The van der Waals surface area contributed by atoms with Gasteiger partial charge in [0.2, 0.25) is 0 Å². The molecule has 0 saturated carbocycles. The van der Waals surface area contributed by atoms with Crippen molar-refractivity contribution in [1.82, 2.24) is 10.2 Å². The van der Waals surface area contributed by atoms with E-state index >= 15 is 0 Å². The number of hydrogen-bond acceptors (Lipinski definition) is 3. The molecule has 0 aliphatic carbocycles. The molecule has 0 aromatic heterocycles. The monoisotopic (exact) mass is 406 g/mol. The van der Waals surface area contributed by atoms with E-state index in [0.717, 1.165) is 21.9 Å². The Balaban J connectivity index is 1.66. The molecule has 0 aliphatic heterocycles. The van der Waals surface area contributed by atoms with Crippen molar-refractivity contribution in [1.29, 1.82) is 0 Å². The second kappa shape index (κ2) is 10.4. The largest absolute Gasteiger partial charge is 0.480 e. The van der Waals surface area contributed by atoms with Crippen molar-refractivity contribution in [3.63, 3.8) is 0 Å². The number of carboxylic acids is 1. The highest BCUT2D eigenvalue weighted by molar-refractivity contribution is 5.85. The van der Waals surface area contributed by atoms with Crippen LogP contribution in [-0.4, -0.2) is 52.9 Å². The number of carboxylic acid groups (broad SMARTS) is 1. The van der Waals surface area contributed by atoms with Crippen LogP contribution in [0.1, 0.15) is 11.1 Å². The fourth-order valence-electron chi connectivity index (χ4n) is 3.39. The molecule has 3 rings (SSSR count). The van der Waals surface area contributed by atoms with Crippen LogP contribution in [0.4, 0.5) is 4.79 Å². The van der Waals surface area contributed by atoms with E-state index in [0.29, 0.717) is 13.0 Å². The summed E-state index contributed by atoms with van der Waals surface area (Å²) in [5.41, 5.74) is 1.90. The van der Waals surface area contributed by atoms with Crippen LogP contribution in [0, 0.1) is 0 Å². The molecule has 6 nitrogen and oxygen atoms in total. The van der Waals surface area contributed by atoms with Crippen LogP contribution in [0.15, 0.2) is 72.8 Å². The number of urea groups is 1. The van der Waals surface area contributed by atoms with Gasteiger partial charge in [-0.1, -0.05) is 72.8 Å². The van der Waals surface area contributed by atoms with Gasteiger partial charge in [0.1, 0.15) is 6.04 Å². The normalized spacial score (nSPS) is 11.8. The number of amides is 2. The number of hydrogen-bond donors (Lipinski definition) is 3. The van der Waals surface area contributed by atoms with Gasteiger partial charge in [0, 0.05) is 19.5 Å². The number of aliphatic carboxylic acids is 1. The van der Waals surface area contributed by atoms with Crippen LogP contribution < -0.4 is 5.32 Å². The topological polar surface area (TPSA) is 89.9 Å². The molecule has 30 heavy (non-hydrogen) atoms. The van der Waals surface area contributed by atoms with Gasteiger partial charge in [-0.2, -0.15) is 0 Å². The summed E-state index contributed by atoms with van der Waals surface area (Å²) >= 11 is 0. The maximum absolute atomic E-state index is 12.7. The predicted octanol–water partition coefficient (Wildman–Crippen LogP) is 3.08. The van der Waals surface area contributed by atoms with E-state index in [4.69, 9.17) is 0 Å². The molecule has 3 N–H and O–H groups in total. The van der Waals surface area contributed by atoms with E-state index in [-0.39, 0.29) is 19.6 Å². The zero-order chi connectivity index (χ0) is 21.3. The minimum Gasteiger partial charge on any atom is -0.480 e. The predicted molar refractivity (Wildman–Crippen MR) is 116 cm³/mol. The minimum absolute atomic E-state index is 0.140. The van der Waals surface area contributed by atoms with Crippen molar-refractivity contribution < 1.29 is 19.8 Å². The van der Waals surface area contributed by atoms with E-state index in [1.807, 2.05) is 72.8 Å². The highest BCUT2D eigenvalue weighted by Crippen LogP contribution is 2.17. The van der Waals surface area contributed by atoms with Crippen LogP contribution in [-0.2, 0) is 17.6 Å². The Morgan fingerprint density at radius 1 is 0.867 bits per heavy atom. The molecule has 0 heterocycles. The number of aliphatic hydroxyl groups excluding tert-OH is 1. The Kier molecular flexibility index (Phi) is 7.40. The lowest BCUT2D eigenvalue weighted by molar-refractivity contribution is -0.139. The molecular formula is C24H26N2O4. The number of carbonyl (C=O) groups excluding carboxylic acids is 1. The van der Waals surface area contributed by atoms with E-state index in [1.54, 1.807) is 0 Å². The molecular weight excluding hydrogens is 380 g/mol. The first kappa shape index (κ1) is 21.3. The summed E-state index contributed by atoms with van der Waals surface area (Å²) in [6.07, 6.45) is 0.800. The third-order valence-electron chi connectivity index (χ3n) is 5.02. The highest BCUT2D eigenvalue weighted by Gasteiger charge is 2.23. The molecule has 0 radical (unpaired) electrons. The van der Waals surface area contributed by atoms with Crippen molar-refractivity contribution >= 4 is 22.8 Å². The van der Waals surface area contributed by atoms with Crippen molar-refractivity contribution in [2.75, 3.05) is 19.7 Å². The molecule has 3 aromatic rings. The van der Waals surface area contributed by atoms with Gasteiger partial charge in [-0.3, -0.25) is 0 Å². The minimum atomic E-state index is -1.09. The summed E-state index contributed by atoms with van der Waals surface area (Å²) in [7, 11) is 0. The first-order valence-corrected chi connectivity index (χ1v) is 9.97. The zero-order valence-corrected chi connectivity index (χ0v) is 16.7. The Hall–Kier alpha value is -3.38. The lowest BCUT2D eigenvalue weighted by atomic mass is 10.0. The number of carbonyl (C=O) groups is 2. The summed E-state index contributed by atoms with van der Waals surface area (Å²) in [5, 5.41) is 23.7. The standard InChI is InChI=1S/C24H26N2O4/c27-15-14-26(13-12-18-6-2-1-3-7-18)24(30)25-22(23(28)29)17-19-10-11-20-8-4-5-9-21(20)16-19/h1-11,16,22,27H,12-15,17H2,(H,25,30)(H,28,29)/t22-/m0/s1. The Morgan fingerprint density at radius 2 is 1.57 bits per heavy atom. The van der Waals surface area contributed by atoms with Crippen LogP contribution in [0.25, 0.3) is 10.8 Å². The smallest absolute Gasteiger partial charge is 0.326 e. The number of nitrogens with one attached hydrogen (secondary N) is 1. The molecule has 0 spiro atoms. The van der Waals surface area contributed by atoms with Crippen molar-refractivity contribution in [2.24, 2.45) is 0 Å². The molecule has 156 valence electrons. The lowest BCUT2D eigenvalue weighted by Crippen LogP contribution is -2.50. The lowest BCUT2D eigenvalue weighted by Gasteiger charge is -2.25. The first-order valence-electron chi connectivity index (χ1n) is 9.97. The highest BCUT2D eigenvalue weighted by atomic mass is 16.4. The van der Waals surface area contributed by atoms with Crippen molar-refractivity contribution in [3.05, 3.63) is 83.9 Å². The number of fused-ring (bicyclic) bond motifs is 1. The number of rotatable bonds is 9. The number of nitrogens with zero attached hydrogens (tertiary/aromatic N) is 1. The quantitative estimate of drug-likeness (QED) is 0.509. The Bertz CT molecular complexity index is 991. The molecule has 1 atom stereocenters. The maximum atomic E-state index is 12.7. The number of aliphatic hydroxyl groups is 1. The Labute approximate surface area is 175 Å². The molecule has 6 heteroatoms. The van der Waals surface area contributed by atoms with E-state index < -0.39 is 18.0 Å². The van der Waals surface area contributed by atoms with Crippen molar-refractivity contribution in [2.45, 2.75) is 18.9 Å². The third kappa shape index (κ3) is 5.81. The van der Waals surface area contributed by atoms with Gasteiger partial charge >= 0.3 is 12.0 Å². The molecule has 0 unspecified atom stereocenters. The molecule has 3 aromatic carbocycles. The van der Waals surface area contributed by atoms with Crippen molar-refractivity contribution in [3.8, 4) is 0 Å². The molecule has 0 aliphatic rings. The summed E-state index contributed by atoms with van der Waals surface area (Å²) in [4.78, 5) is 25.9. The van der Waals surface area contributed by atoms with Crippen LogP contribution in [0.3, 0.4) is 0 Å². The fourth-order valence-corrected chi connectivity index (χ4v) is 3.39.